The predicted octanol–water partition coefficient (Wildman–Crippen LogP) is 4.64. The summed E-state index contributed by atoms with van der Waals surface area (Å²) in [5.74, 6) is -0.162. The van der Waals surface area contributed by atoms with Crippen molar-refractivity contribution < 1.29 is 4.39 Å². The molecule has 0 heterocycles. The zero-order chi connectivity index (χ0) is 13.8. The third-order valence-corrected chi connectivity index (χ3v) is 3.56. The summed E-state index contributed by atoms with van der Waals surface area (Å²) in [5.41, 5.74) is 2.65. The second-order valence-corrected chi connectivity index (χ2v) is 5.11. The molecule has 19 heavy (non-hydrogen) atoms. The van der Waals surface area contributed by atoms with Crippen LogP contribution in [0.3, 0.4) is 0 Å². The molecule has 0 aliphatic rings. The maximum absolute atomic E-state index is 13.4. The van der Waals surface area contributed by atoms with Gasteiger partial charge in [0.05, 0.1) is 0 Å². The number of halogens is 2. The fourth-order valence-electron chi connectivity index (χ4n) is 1.95. The summed E-state index contributed by atoms with van der Waals surface area (Å²) in [4.78, 5) is 0. The van der Waals surface area contributed by atoms with E-state index in [4.69, 9.17) is 11.6 Å². The van der Waals surface area contributed by atoms with Crippen molar-refractivity contribution in [3.05, 3.63) is 70.0 Å². The molecule has 100 valence electrons. The SMILES string of the molecule is Cc1ccc(CN[C@@H](C)c2ccccc2Cl)cc1F. The van der Waals surface area contributed by atoms with Crippen LogP contribution in [-0.4, -0.2) is 0 Å². The minimum atomic E-state index is -0.162. The normalized spacial score (nSPS) is 12.4. The second-order valence-electron chi connectivity index (χ2n) is 4.71. The smallest absolute Gasteiger partial charge is 0.126 e. The molecule has 0 unspecified atom stereocenters. The molecule has 0 aliphatic heterocycles. The molecule has 0 aliphatic carbocycles. The molecule has 2 aromatic rings. The van der Waals surface area contributed by atoms with Gasteiger partial charge in [-0.1, -0.05) is 41.9 Å². The Morgan fingerprint density at radius 1 is 1.21 bits per heavy atom. The van der Waals surface area contributed by atoms with Crippen LogP contribution in [0.25, 0.3) is 0 Å². The maximum atomic E-state index is 13.4. The predicted molar refractivity (Wildman–Crippen MR) is 77.8 cm³/mol. The molecule has 2 rings (SSSR count). The molecule has 2 aromatic carbocycles. The molecular formula is C16H17ClFN. The van der Waals surface area contributed by atoms with Crippen molar-refractivity contribution in [1.29, 1.82) is 0 Å². The number of benzene rings is 2. The zero-order valence-electron chi connectivity index (χ0n) is 11.1. The van der Waals surface area contributed by atoms with E-state index in [1.165, 1.54) is 0 Å². The molecule has 0 fully saturated rings. The summed E-state index contributed by atoms with van der Waals surface area (Å²) in [6.45, 7) is 4.42. The molecule has 0 saturated heterocycles. The summed E-state index contributed by atoms with van der Waals surface area (Å²) in [6.07, 6.45) is 0. The molecule has 1 N–H and O–H groups in total. The summed E-state index contributed by atoms with van der Waals surface area (Å²) >= 11 is 6.15. The van der Waals surface area contributed by atoms with Crippen molar-refractivity contribution >= 4 is 11.6 Å². The van der Waals surface area contributed by atoms with Gasteiger partial charge in [-0.15, -0.1) is 0 Å². The molecule has 0 saturated carbocycles. The lowest BCUT2D eigenvalue weighted by Gasteiger charge is -2.16. The van der Waals surface area contributed by atoms with Crippen molar-refractivity contribution in [3.63, 3.8) is 0 Å². The first-order valence-corrected chi connectivity index (χ1v) is 6.68. The zero-order valence-corrected chi connectivity index (χ0v) is 11.8. The molecule has 1 nitrogen and oxygen atoms in total. The van der Waals surface area contributed by atoms with Crippen LogP contribution in [-0.2, 0) is 6.54 Å². The van der Waals surface area contributed by atoms with E-state index < -0.39 is 0 Å². The molecule has 1 atom stereocenters. The Balaban J connectivity index is 2.02. The number of rotatable bonds is 4. The fraction of sp³-hybridized carbons (Fsp3) is 0.250. The Morgan fingerprint density at radius 3 is 2.63 bits per heavy atom. The highest BCUT2D eigenvalue weighted by Gasteiger charge is 2.08. The summed E-state index contributed by atoms with van der Waals surface area (Å²) in [5, 5.41) is 4.10. The highest BCUT2D eigenvalue weighted by molar-refractivity contribution is 6.31. The van der Waals surface area contributed by atoms with E-state index in [0.29, 0.717) is 12.1 Å². The highest BCUT2D eigenvalue weighted by atomic mass is 35.5. The molecule has 0 aromatic heterocycles. The summed E-state index contributed by atoms with van der Waals surface area (Å²) in [7, 11) is 0. The molecule has 0 amide bonds. The fourth-order valence-corrected chi connectivity index (χ4v) is 2.25. The van der Waals surface area contributed by atoms with E-state index in [1.54, 1.807) is 19.1 Å². The monoisotopic (exact) mass is 277 g/mol. The quantitative estimate of drug-likeness (QED) is 0.858. The van der Waals surface area contributed by atoms with Gasteiger partial charge in [-0.3, -0.25) is 0 Å². The van der Waals surface area contributed by atoms with Crippen molar-refractivity contribution in [2.24, 2.45) is 0 Å². The van der Waals surface area contributed by atoms with Crippen LogP contribution in [0.15, 0.2) is 42.5 Å². The van der Waals surface area contributed by atoms with E-state index in [-0.39, 0.29) is 11.9 Å². The lowest BCUT2D eigenvalue weighted by molar-refractivity contribution is 0.568. The Labute approximate surface area is 118 Å². The topological polar surface area (TPSA) is 12.0 Å². The minimum Gasteiger partial charge on any atom is -0.306 e. The van der Waals surface area contributed by atoms with Crippen molar-refractivity contribution in [2.75, 3.05) is 0 Å². The first-order valence-electron chi connectivity index (χ1n) is 6.31. The van der Waals surface area contributed by atoms with Crippen LogP contribution in [0, 0.1) is 12.7 Å². The van der Waals surface area contributed by atoms with E-state index in [9.17, 15) is 4.39 Å². The van der Waals surface area contributed by atoms with Gasteiger partial charge in [0.15, 0.2) is 0 Å². The highest BCUT2D eigenvalue weighted by Crippen LogP contribution is 2.22. The first kappa shape index (κ1) is 14.0. The van der Waals surface area contributed by atoms with Crippen molar-refractivity contribution in [2.45, 2.75) is 26.4 Å². The van der Waals surface area contributed by atoms with E-state index in [1.807, 2.05) is 37.3 Å². The maximum Gasteiger partial charge on any atom is 0.126 e. The third kappa shape index (κ3) is 3.55. The number of nitrogens with one attached hydrogen (secondary N) is 1. The van der Waals surface area contributed by atoms with Gasteiger partial charge in [0.2, 0.25) is 0 Å². The van der Waals surface area contributed by atoms with E-state index in [0.717, 1.165) is 16.1 Å². The lowest BCUT2D eigenvalue weighted by Crippen LogP contribution is -2.18. The van der Waals surface area contributed by atoms with E-state index in [2.05, 4.69) is 5.32 Å². The largest absolute Gasteiger partial charge is 0.306 e. The third-order valence-electron chi connectivity index (χ3n) is 3.22. The van der Waals surface area contributed by atoms with Gasteiger partial charge in [-0.05, 0) is 42.7 Å². The minimum absolute atomic E-state index is 0.123. The van der Waals surface area contributed by atoms with Gasteiger partial charge in [0, 0.05) is 17.6 Å². The second kappa shape index (κ2) is 6.18. The average molecular weight is 278 g/mol. The van der Waals surface area contributed by atoms with Gasteiger partial charge >= 0.3 is 0 Å². The van der Waals surface area contributed by atoms with Gasteiger partial charge in [-0.25, -0.2) is 4.39 Å². The first-order chi connectivity index (χ1) is 9.08. The summed E-state index contributed by atoms with van der Waals surface area (Å²) in [6, 6.07) is 13.2. The van der Waals surface area contributed by atoms with Gasteiger partial charge in [0.1, 0.15) is 5.82 Å². The average Bonchev–Trinajstić information content (AvgIpc) is 2.40. The molecule has 0 bridgehead atoms. The van der Waals surface area contributed by atoms with Crippen molar-refractivity contribution in [1.82, 2.24) is 5.32 Å². The lowest BCUT2D eigenvalue weighted by atomic mass is 10.1. The van der Waals surface area contributed by atoms with Crippen LogP contribution >= 0.6 is 11.6 Å². The van der Waals surface area contributed by atoms with Crippen LogP contribution in [0.5, 0.6) is 0 Å². The molecule has 0 spiro atoms. The molecular weight excluding hydrogens is 261 g/mol. The van der Waals surface area contributed by atoms with Crippen LogP contribution in [0.4, 0.5) is 4.39 Å². The number of hydrogen-bond donors (Lipinski definition) is 1. The van der Waals surface area contributed by atoms with Crippen LogP contribution in [0.2, 0.25) is 5.02 Å². The number of hydrogen-bond acceptors (Lipinski definition) is 1. The Bertz CT molecular complexity index is 568. The van der Waals surface area contributed by atoms with Gasteiger partial charge in [-0.2, -0.15) is 0 Å². The standard InChI is InChI=1S/C16H17ClFN/c1-11-7-8-13(9-16(11)18)10-19-12(2)14-5-3-4-6-15(14)17/h3-9,12,19H,10H2,1-2H3/t12-/m0/s1. The Kier molecular flexibility index (Phi) is 4.56. The molecule has 3 heteroatoms. The van der Waals surface area contributed by atoms with Crippen LogP contribution in [0.1, 0.15) is 29.7 Å². The summed E-state index contributed by atoms with van der Waals surface area (Å²) < 4.78 is 13.4. The van der Waals surface area contributed by atoms with Gasteiger partial charge in [0.25, 0.3) is 0 Å². The van der Waals surface area contributed by atoms with Crippen molar-refractivity contribution in [3.8, 4) is 0 Å². The van der Waals surface area contributed by atoms with E-state index >= 15 is 0 Å². The number of aryl methyl sites for hydroxylation is 1. The molecule has 0 radical (unpaired) electrons. The van der Waals surface area contributed by atoms with Crippen LogP contribution < -0.4 is 5.32 Å². The van der Waals surface area contributed by atoms with Gasteiger partial charge < -0.3 is 5.32 Å². The Morgan fingerprint density at radius 2 is 1.95 bits per heavy atom. The Hall–Kier alpha value is -1.38.